The number of halogens is 2. The molecule has 1 atom stereocenters. The highest BCUT2D eigenvalue weighted by Gasteiger charge is 2.24. The van der Waals surface area contributed by atoms with Crippen LogP contribution < -0.4 is 25.0 Å². The van der Waals surface area contributed by atoms with Crippen molar-refractivity contribution in [2.75, 3.05) is 37.7 Å². The number of amides is 1. The van der Waals surface area contributed by atoms with Gasteiger partial charge in [0, 0.05) is 19.6 Å². The van der Waals surface area contributed by atoms with E-state index in [0.717, 1.165) is 17.9 Å². The van der Waals surface area contributed by atoms with E-state index in [9.17, 15) is 9.18 Å². The third-order valence-corrected chi connectivity index (χ3v) is 4.67. The van der Waals surface area contributed by atoms with E-state index in [1.54, 1.807) is 23.1 Å². The number of benzene rings is 2. The molecule has 32 heavy (non-hydrogen) atoms. The number of para-hydroxylation sites is 3. The predicted octanol–water partition coefficient (Wildman–Crippen LogP) is 3.58. The summed E-state index contributed by atoms with van der Waals surface area (Å²) < 4.78 is 24.8. The van der Waals surface area contributed by atoms with Gasteiger partial charge in [-0.3, -0.25) is 4.79 Å². The minimum Gasteiger partial charge on any atom is -0.486 e. The van der Waals surface area contributed by atoms with E-state index in [4.69, 9.17) is 9.47 Å². The number of carbonyl (C=O) groups excluding carboxylic acids is 1. The summed E-state index contributed by atoms with van der Waals surface area (Å²) in [7, 11) is 0. The van der Waals surface area contributed by atoms with Crippen molar-refractivity contribution < 1.29 is 18.7 Å². The average molecular weight is 556 g/mol. The molecule has 1 unspecified atom stereocenters. The molecular weight excluding hydrogens is 526 g/mol. The molecule has 0 fully saturated rings. The summed E-state index contributed by atoms with van der Waals surface area (Å²) in [6.45, 7) is 6.21. The summed E-state index contributed by atoms with van der Waals surface area (Å²) >= 11 is 0. The lowest BCUT2D eigenvalue weighted by Gasteiger charge is -2.29. The highest BCUT2D eigenvalue weighted by molar-refractivity contribution is 14.0. The van der Waals surface area contributed by atoms with Crippen LogP contribution in [-0.2, 0) is 4.79 Å². The van der Waals surface area contributed by atoms with Crippen LogP contribution in [0.1, 0.15) is 20.3 Å². The number of fused-ring (bicyclic) bond motifs is 1. The Hall–Kier alpha value is -2.56. The highest BCUT2D eigenvalue weighted by atomic mass is 127. The lowest BCUT2D eigenvalue weighted by atomic mass is 10.2. The van der Waals surface area contributed by atoms with Gasteiger partial charge < -0.3 is 25.0 Å². The number of nitrogens with zero attached hydrogens (tertiary/aromatic N) is 2. The first-order valence-electron chi connectivity index (χ1n) is 10.5. The molecule has 174 valence electrons. The average Bonchev–Trinajstić information content (AvgIpc) is 2.77. The van der Waals surface area contributed by atoms with Crippen LogP contribution in [0.25, 0.3) is 0 Å². The molecule has 1 aliphatic heterocycles. The molecule has 0 radical (unpaired) electrons. The van der Waals surface area contributed by atoms with Crippen LogP contribution in [0.3, 0.4) is 0 Å². The van der Waals surface area contributed by atoms with Crippen molar-refractivity contribution in [2.24, 2.45) is 4.99 Å². The number of hydrogen-bond donors (Lipinski definition) is 2. The summed E-state index contributed by atoms with van der Waals surface area (Å²) in [5, 5.41) is 6.45. The van der Waals surface area contributed by atoms with Crippen molar-refractivity contribution in [3.8, 4) is 11.5 Å². The van der Waals surface area contributed by atoms with Crippen LogP contribution in [0.2, 0.25) is 0 Å². The van der Waals surface area contributed by atoms with Gasteiger partial charge in [-0.15, -0.1) is 24.0 Å². The molecule has 0 spiro atoms. The highest BCUT2D eigenvalue weighted by Crippen LogP contribution is 2.31. The fourth-order valence-corrected chi connectivity index (χ4v) is 3.20. The van der Waals surface area contributed by atoms with Crippen molar-refractivity contribution in [3.63, 3.8) is 0 Å². The SMILES string of the molecule is CCNC(=NCC(C)Oc1ccccc1F)NCCCN1C(=O)COc2ccccc21.I. The third-order valence-electron chi connectivity index (χ3n) is 4.67. The summed E-state index contributed by atoms with van der Waals surface area (Å²) in [5.74, 6) is 1.17. The Labute approximate surface area is 205 Å². The van der Waals surface area contributed by atoms with Gasteiger partial charge in [-0.05, 0) is 44.5 Å². The smallest absolute Gasteiger partial charge is 0.265 e. The number of guanidine groups is 1. The zero-order chi connectivity index (χ0) is 22.1. The van der Waals surface area contributed by atoms with Crippen LogP contribution >= 0.6 is 24.0 Å². The first kappa shape index (κ1) is 25.7. The summed E-state index contributed by atoms with van der Waals surface area (Å²) in [6.07, 6.45) is 0.459. The first-order chi connectivity index (χ1) is 15.1. The fourth-order valence-electron chi connectivity index (χ4n) is 3.20. The van der Waals surface area contributed by atoms with Gasteiger partial charge in [-0.1, -0.05) is 24.3 Å². The third kappa shape index (κ3) is 7.25. The van der Waals surface area contributed by atoms with Crippen LogP contribution in [0, 0.1) is 5.82 Å². The number of ether oxygens (including phenoxy) is 2. The standard InChI is InChI=1S/C23H29FN4O3.HI/c1-3-25-23(27-15-17(2)31-20-11-6-4-9-18(20)24)26-13-8-14-28-19-10-5-7-12-21(19)30-16-22(28)29;/h4-7,9-12,17H,3,8,13-16H2,1-2H3,(H2,25,26,27);1H. The molecule has 2 aromatic carbocycles. The molecule has 2 N–H and O–H groups in total. The largest absolute Gasteiger partial charge is 0.486 e. The second kappa shape index (κ2) is 13.1. The first-order valence-corrected chi connectivity index (χ1v) is 10.5. The fraction of sp³-hybridized carbons (Fsp3) is 0.391. The minimum absolute atomic E-state index is 0. The lowest BCUT2D eigenvalue weighted by molar-refractivity contribution is -0.121. The van der Waals surface area contributed by atoms with Gasteiger partial charge in [0.15, 0.2) is 24.1 Å². The molecule has 0 saturated carbocycles. The van der Waals surface area contributed by atoms with Crippen molar-refractivity contribution in [1.82, 2.24) is 10.6 Å². The Bertz CT molecular complexity index is 912. The molecule has 0 bridgehead atoms. The van der Waals surface area contributed by atoms with E-state index in [-0.39, 0.29) is 54.2 Å². The second-order valence-electron chi connectivity index (χ2n) is 7.16. The van der Waals surface area contributed by atoms with Crippen LogP contribution in [0.15, 0.2) is 53.5 Å². The molecule has 0 aliphatic carbocycles. The zero-order valence-corrected chi connectivity index (χ0v) is 20.7. The molecule has 3 rings (SSSR count). The number of rotatable bonds is 9. The summed E-state index contributed by atoms with van der Waals surface area (Å²) in [5.41, 5.74) is 0.804. The Kier molecular flexibility index (Phi) is 10.5. The van der Waals surface area contributed by atoms with Gasteiger partial charge in [-0.25, -0.2) is 9.38 Å². The van der Waals surface area contributed by atoms with Gasteiger partial charge in [0.1, 0.15) is 11.9 Å². The predicted molar refractivity (Wildman–Crippen MR) is 135 cm³/mol. The van der Waals surface area contributed by atoms with Gasteiger partial charge in [0.2, 0.25) is 0 Å². The minimum atomic E-state index is -0.386. The van der Waals surface area contributed by atoms with Crippen molar-refractivity contribution in [3.05, 3.63) is 54.3 Å². The maximum atomic E-state index is 13.7. The van der Waals surface area contributed by atoms with E-state index in [1.807, 2.05) is 38.1 Å². The molecule has 1 heterocycles. The maximum absolute atomic E-state index is 13.7. The number of aliphatic imine (C=N–C) groups is 1. The van der Waals surface area contributed by atoms with Crippen LogP contribution in [0.5, 0.6) is 11.5 Å². The van der Waals surface area contributed by atoms with Gasteiger partial charge in [0.05, 0.1) is 12.2 Å². The van der Waals surface area contributed by atoms with E-state index in [2.05, 4.69) is 15.6 Å². The molecule has 0 aromatic heterocycles. The van der Waals surface area contributed by atoms with Gasteiger partial charge in [0.25, 0.3) is 5.91 Å². The van der Waals surface area contributed by atoms with Crippen molar-refractivity contribution in [1.29, 1.82) is 0 Å². The monoisotopic (exact) mass is 556 g/mol. The number of anilines is 1. The second-order valence-corrected chi connectivity index (χ2v) is 7.16. The molecule has 1 aliphatic rings. The van der Waals surface area contributed by atoms with E-state index in [1.165, 1.54) is 6.07 Å². The quantitative estimate of drug-likeness (QED) is 0.214. The van der Waals surface area contributed by atoms with Gasteiger partial charge in [-0.2, -0.15) is 0 Å². The summed E-state index contributed by atoms with van der Waals surface area (Å²) in [6, 6.07) is 13.9. The number of hydrogen-bond acceptors (Lipinski definition) is 4. The summed E-state index contributed by atoms with van der Waals surface area (Å²) in [4.78, 5) is 18.5. The van der Waals surface area contributed by atoms with E-state index in [0.29, 0.717) is 32.1 Å². The maximum Gasteiger partial charge on any atom is 0.265 e. The molecule has 1 amide bonds. The molecule has 9 heteroatoms. The topological polar surface area (TPSA) is 75.2 Å². The molecule has 7 nitrogen and oxygen atoms in total. The van der Waals surface area contributed by atoms with E-state index < -0.39 is 0 Å². The normalized spacial score (nSPS) is 14.0. The Morgan fingerprint density at radius 2 is 1.97 bits per heavy atom. The Morgan fingerprint density at radius 3 is 2.75 bits per heavy atom. The Balaban J connectivity index is 0.00000363. The Morgan fingerprint density at radius 1 is 1.22 bits per heavy atom. The number of carbonyl (C=O) groups is 1. The molecule has 0 saturated heterocycles. The van der Waals surface area contributed by atoms with Crippen molar-refractivity contribution in [2.45, 2.75) is 26.4 Å². The molecular formula is C23H30FIN4O3. The van der Waals surface area contributed by atoms with Crippen LogP contribution in [-0.4, -0.2) is 50.8 Å². The van der Waals surface area contributed by atoms with Crippen molar-refractivity contribution >= 4 is 41.5 Å². The zero-order valence-electron chi connectivity index (χ0n) is 18.3. The van der Waals surface area contributed by atoms with Gasteiger partial charge >= 0.3 is 0 Å². The lowest BCUT2D eigenvalue weighted by Crippen LogP contribution is -2.42. The number of nitrogens with one attached hydrogen (secondary N) is 2. The van der Waals surface area contributed by atoms with Crippen LogP contribution in [0.4, 0.5) is 10.1 Å². The molecule has 2 aromatic rings. The van der Waals surface area contributed by atoms with E-state index >= 15 is 0 Å².